The number of aromatic nitrogens is 1. The first kappa shape index (κ1) is 14.6. The molecule has 1 aromatic carbocycles. The van der Waals surface area contributed by atoms with Gasteiger partial charge in [-0.3, -0.25) is 14.6 Å². The Balaban J connectivity index is 1.48. The van der Waals surface area contributed by atoms with E-state index in [0.717, 1.165) is 43.1 Å². The molecule has 5 rings (SSSR count). The van der Waals surface area contributed by atoms with E-state index in [9.17, 15) is 14.0 Å². The van der Waals surface area contributed by atoms with Gasteiger partial charge >= 0.3 is 0 Å². The molecule has 0 atom stereocenters. The second-order valence-corrected chi connectivity index (χ2v) is 7.03. The molecular formula is C19H16FN3O2. The first-order chi connectivity index (χ1) is 12.1. The number of nitrogens with zero attached hydrogens (tertiary/aromatic N) is 2. The standard InChI is InChI=1S/C19H16FN3O2/c20-15-10-21-8-5-13(15)17(24)22-11-1-4-14-16(9-11)23(12-2-3-12)18(25)19(14)6-7-19/h1,4-5,8-10,12H,2-3,6-7H2,(H,22,24). The summed E-state index contributed by atoms with van der Waals surface area (Å²) in [5.74, 6) is -0.982. The summed E-state index contributed by atoms with van der Waals surface area (Å²) in [5.41, 5.74) is 2.16. The van der Waals surface area contributed by atoms with Crippen molar-refractivity contribution in [3.05, 3.63) is 53.6 Å². The number of halogens is 1. The van der Waals surface area contributed by atoms with Gasteiger partial charge in [0.25, 0.3) is 5.91 Å². The van der Waals surface area contributed by atoms with Crippen LogP contribution in [0.15, 0.2) is 36.7 Å². The van der Waals surface area contributed by atoms with E-state index < -0.39 is 11.7 Å². The molecule has 1 N–H and O–H groups in total. The molecule has 2 fully saturated rings. The quantitative estimate of drug-likeness (QED) is 0.936. The topological polar surface area (TPSA) is 62.3 Å². The Labute approximate surface area is 143 Å². The average Bonchev–Trinajstić information content (AvgIpc) is 3.50. The van der Waals surface area contributed by atoms with Gasteiger partial charge in [-0.2, -0.15) is 0 Å². The SMILES string of the molecule is O=C(Nc1ccc2c(c1)N(C1CC1)C(=O)C21CC1)c1ccncc1F. The number of hydrogen-bond acceptors (Lipinski definition) is 3. The maximum Gasteiger partial charge on any atom is 0.258 e. The molecule has 1 aromatic heterocycles. The molecule has 0 unspecified atom stereocenters. The lowest BCUT2D eigenvalue weighted by molar-refractivity contribution is -0.120. The van der Waals surface area contributed by atoms with Crippen LogP contribution < -0.4 is 10.2 Å². The van der Waals surface area contributed by atoms with Crippen LogP contribution in [0.3, 0.4) is 0 Å². The molecule has 25 heavy (non-hydrogen) atoms. The van der Waals surface area contributed by atoms with Crippen molar-refractivity contribution in [2.75, 3.05) is 10.2 Å². The van der Waals surface area contributed by atoms with E-state index in [1.807, 2.05) is 17.0 Å². The van der Waals surface area contributed by atoms with Crippen LogP contribution in [-0.2, 0) is 10.2 Å². The first-order valence-electron chi connectivity index (χ1n) is 8.49. The predicted molar refractivity (Wildman–Crippen MR) is 90.0 cm³/mol. The molecule has 0 bridgehead atoms. The van der Waals surface area contributed by atoms with Gasteiger partial charge in [0.2, 0.25) is 5.91 Å². The third-order valence-electron chi connectivity index (χ3n) is 5.34. The fraction of sp³-hybridized carbons (Fsp3) is 0.316. The number of anilines is 2. The van der Waals surface area contributed by atoms with E-state index >= 15 is 0 Å². The number of carbonyl (C=O) groups excluding carboxylic acids is 2. The lowest BCUT2D eigenvalue weighted by Crippen LogP contribution is -2.33. The van der Waals surface area contributed by atoms with Crippen molar-refractivity contribution < 1.29 is 14.0 Å². The number of carbonyl (C=O) groups is 2. The van der Waals surface area contributed by atoms with E-state index in [2.05, 4.69) is 10.3 Å². The Bertz CT molecular complexity index is 919. The molecule has 2 heterocycles. The van der Waals surface area contributed by atoms with E-state index in [1.54, 1.807) is 6.07 Å². The van der Waals surface area contributed by atoms with Crippen LogP contribution in [0.25, 0.3) is 0 Å². The monoisotopic (exact) mass is 337 g/mol. The number of pyridine rings is 1. The number of amides is 2. The maximum atomic E-state index is 13.7. The van der Waals surface area contributed by atoms with Crippen molar-refractivity contribution in [2.45, 2.75) is 37.1 Å². The summed E-state index contributed by atoms with van der Waals surface area (Å²) < 4.78 is 13.7. The molecule has 3 aliphatic rings. The normalized spacial score (nSPS) is 19.9. The van der Waals surface area contributed by atoms with E-state index in [0.29, 0.717) is 5.69 Å². The van der Waals surface area contributed by atoms with Gasteiger partial charge in [-0.05, 0) is 49.4 Å². The van der Waals surface area contributed by atoms with Crippen molar-refractivity contribution in [2.24, 2.45) is 0 Å². The van der Waals surface area contributed by atoms with Crippen LogP contribution in [-0.4, -0.2) is 22.8 Å². The highest BCUT2D eigenvalue weighted by Crippen LogP contribution is 2.59. The van der Waals surface area contributed by atoms with Gasteiger partial charge in [0, 0.05) is 17.9 Å². The second kappa shape index (κ2) is 4.88. The number of nitrogens with one attached hydrogen (secondary N) is 1. The Hall–Kier alpha value is -2.76. The van der Waals surface area contributed by atoms with Gasteiger partial charge in [-0.1, -0.05) is 6.07 Å². The maximum absolute atomic E-state index is 13.7. The Morgan fingerprint density at radius 3 is 2.76 bits per heavy atom. The van der Waals surface area contributed by atoms with Crippen molar-refractivity contribution in [1.29, 1.82) is 0 Å². The summed E-state index contributed by atoms with van der Waals surface area (Å²) in [5, 5.41) is 2.73. The largest absolute Gasteiger partial charge is 0.322 e. The lowest BCUT2D eigenvalue weighted by atomic mass is 9.97. The fourth-order valence-electron chi connectivity index (χ4n) is 3.73. The Morgan fingerprint density at radius 1 is 1.28 bits per heavy atom. The van der Waals surface area contributed by atoms with Crippen LogP contribution in [0, 0.1) is 5.82 Å². The lowest BCUT2D eigenvalue weighted by Gasteiger charge is -2.17. The molecule has 1 aliphatic heterocycles. The molecule has 6 heteroatoms. The summed E-state index contributed by atoms with van der Waals surface area (Å²) in [6.07, 6.45) is 6.25. The van der Waals surface area contributed by atoms with Crippen LogP contribution >= 0.6 is 0 Å². The van der Waals surface area contributed by atoms with Crippen LogP contribution in [0.1, 0.15) is 41.6 Å². The van der Waals surface area contributed by atoms with Gasteiger partial charge in [0.05, 0.1) is 22.9 Å². The minimum atomic E-state index is -0.659. The zero-order valence-corrected chi connectivity index (χ0v) is 13.5. The van der Waals surface area contributed by atoms with E-state index in [4.69, 9.17) is 0 Å². The van der Waals surface area contributed by atoms with Gasteiger partial charge in [0.1, 0.15) is 0 Å². The highest BCUT2D eigenvalue weighted by atomic mass is 19.1. The van der Waals surface area contributed by atoms with Gasteiger partial charge in [-0.25, -0.2) is 4.39 Å². The summed E-state index contributed by atoms with van der Waals surface area (Å²) in [4.78, 5) is 30.7. The number of benzene rings is 1. The Morgan fingerprint density at radius 2 is 2.08 bits per heavy atom. The third-order valence-corrected chi connectivity index (χ3v) is 5.34. The molecule has 126 valence electrons. The van der Waals surface area contributed by atoms with Crippen molar-refractivity contribution in [3.63, 3.8) is 0 Å². The molecule has 5 nitrogen and oxygen atoms in total. The highest BCUT2D eigenvalue weighted by Gasteiger charge is 2.61. The third kappa shape index (κ3) is 2.10. The predicted octanol–water partition coefficient (Wildman–Crippen LogP) is 3.01. The molecule has 0 saturated heterocycles. The number of fused-ring (bicyclic) bond motifs is 2. The van der Waals surface area contributed by atoms with Crippen LogP contribution in [0.5, 0.6) is 0 Å². The van der Waals surface area contributed by atoms with Crippen molar-refractivity contribution >= 4 is 23.2 Å². The van der Waals surface area contributed by atoms with Crippen LogP contribution in [0.2, 0.25) is 0 Å². The average molecular weight is 337 g/mol. The summed E-state index contributed by atoms with van der Waals surface area (Å²) >= 11 is 0. The van der Waals surface area contributed by atoms with E-state index in [1.165, 1.54) is 12.3 Å². The molecular weight excluding hydrogens is 321 g/mol. The summed E-state index contributed by atoms with van der Waals surface area (Å²) in [6.45, 7) is 0. The van der Waals surface area contributed by atoms with Crippen LogP contribution in [0.4, 0.5) is 15.8 Å². The zero-order chi connectivity index (χ0) is 17.2. The zero-order valence-electron chi connectivity index (χ0n) is 13.5. The summed E-state index contributed by atoms with van der Waals surface area (Å²) in [7, 11) is 0. The van der Waals surface area contributed by atoms with Crippen molar-refractivity contribution in [1.82, 2.24) is 4.98 Å². The van der Waals surface area contributed by atoms with Gasteiger partial charge in [0.15, 0.2) is 5.82 Å². The molecule has 2 amide bonds. The summed E-state index contributed by atoms with van der Waals surface area (Å²) in [6, 6.07) is 7.20. The minimum absolute atomic E-state index is 0.0516. The van der Waals surface area contributed by atoms with E-state index in [-0.39, 0.29) is 22.9 Å². The molecule has 2 aliphatic carbocycles. The smallest absolute Gasteiger partial charge is 0.258 e. The molecule has 2 saturated carbocycles. The van der Waals surface area contributed by atoms with Crippen molar-refractivity contribution in [3.8, 4) is 0 Å². The van der Waals surface area contributed by atoms with Gasteiger partial charge < -0.3 is 10.2 Å². The fourth-order valence-corrected chi connectivity index (χ4v) is 3.73. The highest BCUT2D eigenvalue weighted by molar-refractivity contribution is 6.12. The molecule has 0 radical (unpaired) electrons. The number of rotatable bonds is 3. The number of hydrogen-bond donors (Lipinski definition) is 1. The molecule has 2 aromatic rings. The molecule has 1 spiro atoms. The second-order valence-electron chi connectivity index (χ2n) is 7.03. The minimum Gasteiger partial charge on any atom is -0.322 e. The van der Waals surface area contributed by atoms with Gasteiger partial charge in [-0.15, -0.1) is 0 Å². The Kier molecular flexibility index (Phi) is 2.84. The first-order valence-corrected chi connectivity index (χ1v) is 8.49.